The smallest absolute Gasteiger partial charge is 0.201 e. The predicted octanol–water partition coefficient (Wildman–Crippen LogP) is 6.29. The number of ketones is 1. The number of ether oxygens (including phenoxy) is 2. The molecular weight excluding hydrogens is 538 g/mol. The molecule has 1 aliphatic rings. The number of rotatable bonds is 3. The summed E-state index contributed by atoms with van der Waals surface area (Å²) in [6, 6.07) is 8.83. The maximum Gasteiger partial charge on any atom is 0.201 e. The molecule has 0 saturated heterocycles. The van der Waals surface area contributed by atoms with E-state index >= 15 is 0 Å². The van der Waals surface area contributed by atoms with Gasteiger partial charge in [-0.3, -0.25) is 9.78 Å². The first-order valence-corrected chi connectivity index (χ1v) is 12.4. The Kier molecular flexibility index (Phi) is 5.64. The molecule has 3 aromatic carbocycles. The van der Waals surface area contributed by atoms with E-state index in [0.29, 0.717) is 44.7 Å². The Balaban J connectivity index is 1.91. The average Bonchev–Trinajstić information content (AvgIpc) is 2.84. The lowest BCUT2D eigenvalue weighted by molar-refractivity contribution is 0.102. The minimum absolute atomic E-state index is 0.0238. The molecule has 37 heavy (non-hydrogen) atoms. The summed E-state index contributed by atoms with van der Waals surface area (Å²) in [6.07, 6.45) is 0. The number of fused-ring (bicyclic) bond motifs is 3. The van der Waals surface area contributed by atoms with Gasteiger partial charge in [0, 0.05) is 22.7 Å². The zero-order valence-electron chi connectivity index (χ0n) is 21.3. The van der Waals surface area contributed by atoms with Gasteiger partial charge in [-0.05, 0) is 76.1 Å². The number of nitrogens with zero attached hydrogens (tertiary/aromatic N) is 1. The molecule has 190 valence electrons. The predicted molar refractivity (Wildman–Crippen MR) is 144 cm³/mol. The lowest BCUT2D eigenvalue weighted by atomic mass is 9.67. The van der Waals surface area contributed by atoms with Gasteiger partial charge in [-0.1, -0.05) is 13.8 Å². The number of hydrogen-bond acceptors (Lipinski definition) is 7. The van der Waals surface area contributed by atoms with Crippen molar-refractivity contribution in [2.75, 3.05) is 14.2 Å². The number of methoxy groups -OCH3 is 2. The highest BCUT2D eigenvalue weighted by Crippen LogP contribution is 2.53. The van der Waals surface area contributed by atoms with Crippen molar-refractivity contribution in [2.45, 2.75) is 33.1 Å². The molecule has 8 heteroatoms. The highest BCUT2D eigenvalue weighted by molar-refractivity contribution is 9.10. The van der Waals surface area contributed by atoms with Crippen LogP contribution in [0.5, 0.6) is 28.7 Å². The van der Waals surface area contributed by atoms with E-state index in [2.05, 4.69) is 15.9 Å². The third kappa shape index (κ3) is 3.46. The molecule has 1 aliphatic carbocycles. The van der Waals surface area contributed by atoms with Crippen LogP contribution in [0.4, 0.5) is 0 Å². The van der Waals surface area contributed by atoms with E-state index in [1.54, 1.807) is 20.3 Å². The standard InChI is InChI=1S/C29H26BrNO6/c1-12-7-15(36-5)10-19(37-6)20(12)25-21-14(8-13(2)31-25)9-16-22(26(21)33)27(34)23-17(29(16,3)4)11-18(32)24(30)28(23)35/h7-11,32-33,35H,1-6H3. The van der Waals surface area contributed by atoms with E-state index in [-0.39, 0.29) is 32.8 Å². The fourth-order valence-corrected chi connectivity index (χ4v) is 5.69. The number of pyridine rings is 1. The van der Waals surface area contributed by atoms with Gasteiger partial charge in [-0.2, -0.15) is 0 Å². The van der Waals surface area contributed by atoms with Crippen LogP contribution >= 0.6 is 15.9 Å². The molecule has 7 nitrogen and oxygen atoms in total. The summed E-state index contributed by atoms with van der Waals surface area (Å²) >= 11 is 3.16. The van der Waals surface area contributed by atoms with Crippen molar-refractivity contribution in [1.82, 2.24) is 4.98 Å². The fraction of sp³-hybridized carbons (Fsp3) is 0.241. The molecule has 0 spiro atoms. The molecule has 1 heterocycles. The highest BCUT2D eigenvalue weighted by Gasteiger charge is 2.42. The maximum absolute atomic E-state index is 13.8. The number of phenols is 3. The first-order chi connectivity index (χ1) is 17.4. The van der Waals surface area contributed by atoms with Crippen LogP contribution in [0, 0.1) is 13.8 Å². The summed E-state index contributed by atoms with van der Waals surface area (Å²) in [7, 11) is 3.13. The fourth-order valence-electron chi connectivity index (χ4n) is 5.37. The number of aromatic nitrogens is 1. The van der Waals surface area contributed by atoms with Crippen LogP contribution in [-0.2, 0) is 5.41 Å². The van der Waals surface area contributed by atoms with Crippen molar-refractivity contribution in [2.24, 2.45) is 0 Å². The third-order valence-corrected chi connectivity index (χ3v) is 7.99. The van der Waals surface area contributed by atoms with Gasteiger partial charge in [0.05, 0.1) is 36.4 Å². The van der Waals surface area contributed by atoms with E-state index in [0.717, 1.165) is 11.3 Å². The largest absolute Gasteiger partial charge is 0.507 e. The number of carbonyl (C=O) groups excluding carboxylic acids is 1. The Hall–Kier alpha value is -3.78. The van der Waals surface area contributed by atoms with Crippen molar-refractivity contribution >= 4 is 32.5 Å². The van der Waals surface area contributed by atoms with Crippen molar-refractivity contribution in [3.63, 3.8) is 0 Å². The molecule has 0 aliphatic heterocycles. The van der Waals surface area contributed by atoms with Crippen molar-refractivity contribution in [3.8, 4) is 40.0 Å². The number of carbonyl (C=O) groups is 1. The SMILES string of the molecule is COc1cc(C)c(-c2nc(C)cc3cc4c(c(O)c23)C(=O)c2c(cc(O)c(Br)c2O)C4(C)C)c(OC)c1. The molecule has 1 aromatic heterocycles. The van der Waals surface area contributed by atoms with Crippen molar-refractivity contribution in [3.05, 3.63) is 68.3 Å². The van der Waals surface area contributed by atoms with Gasteiger partial charge in [0.1, 0.15) is 33.2 Å². The van der Waals surface area contributed by atoms with Gasteiger partial charge in [-0.25, -0.2) is 0 Å². The number of hydrogen-bond donors (Lipinski definition) is 3. The molecule has 0 amide bonds. The maximum atomic E-state index is 13.8. The van der Waals surface area contributed by atoms with E-state index in [1.165, 1.54) is 6.07 Å². The monoisotopic (exact) mass is 563 g/mol. The second kappa shape index (κ2) is 8.38. The number of aromatic hydroxyl groups is 3. The number of benzene rings is 3. The Labute approximate surface area is 222 Å². The van der Waals surface area contributed by atoms with Crippen LogP contribution < -0.4 is 9.47 Å². The van der Waals surface area contributed by atoms with Crippen LogP contribution in [0.1, 0.15) is 52.2 Å². The molecule has 3 N–H and O–H groups in total. The Morgan fingerprint density at radius 1 is 0.865 bits per heavy atom. The Morgan fingerprint density at radius 2 is 1.51 bits per heavy atom. The van der Waals surface area contributed by atoms with Crippen molar-refractivity contribution < 1.29 is 29.6 Å². The third-order valence-electron chi connectivity index (χ3n) is 7.21. The Morgan fingerprint density at radius 3 is 2.16 bits per heavy atom. The van der Waals surface area contributed by atoms with Gasteiger partial charge in [0.15, 0.2) is 0 Å². The van der Waals surface area contributed by atoms with Crippen LogP contribution in [0.2, 0.25) is 0 Å². The lowest BCUT2D eigenvalue weighted by Gasteiger charge is -2.35. The van der Waals surface area contributed by atoms with Crippen LogP contribution in [0.3, 0.4) is 0 Å². The second-order valence-corrected chi connectivity index (χ2v) is 10.6. The Bertz CT molecular complexity index is 1660. The first-order valence-electron chi connectivity index (χ1n) is 11.6. The summed E-state index contributed by atoms with van der Waals surface area (Å²) in [4.78, 5) is 18.6. The van der Waals surface area contributed by atoms with Gasteiger partial charge in [0.25, 0.3) is 0 Å². The molecule has 0 atom stereocenters. The minimum Gasteiger partial charge on any atom is -0.507 e. The zero-order chi connectivity index (χ0) is 27.0. The van der Waals surface area contributed by atoms with E-state index in [9.17, 15) is 20.1 Å². The average molecular weight is 564 g/mol. The molecule has 0 bridgehead atoms. The number of phenolic OH excluding ortho intramolecular Hbond substituents is 3. The molecule has 0 unspecified atom stereocenters. The normalized spacial score (nSPS) is 13.9. The van der Waals surface area contributed by atoms with E-state index in [4.69, 9.17) is 14.5 Å². The van der Waals surface area contributed by atoms with Crippen LogP contribution in [0.25, 0.3) is 22.0 Å². The molecule has 5 rings (SSSR count). The molecule has 0 saturated carbocycles. The van der Waals surface area contributed by atoms with Crippen LogP contribution in [-0.4, -0.2) is 40.3 Å². The summed E-state index contributed by atoms with van der Waals surface area (Å²) < 4.78 is 11.1. The van der Waals surface area contributed by atoms with Crippen molar-refractivity contribution in [1.29, 1.82) is 0 Å². The molecular formula is C29H26BrNO6. The first kappa shape index (κ1) is 24.9. The number of halogens is 1. The lowest BCUT2D eigenvalue weighted by Crippen LogP contribution is -2.30. The molecule has 0 radical (unpaired) electrons. The molecule has 0 fully saturated rings. The topological polar surface area (TPSA) is 109 Å². The van der Waals surface area contributed by atoms with Crippen LogP contribution in [0.15, 0.2) is 34.8 Å². The highest BCUT2D eigenvalue weighted by atomic mass is 79.9. The summed E-state index contributed by atoms with van der Waals surface area (Å²) in [5.41, 5.74) is 3.06. The van der Waals surface area contributed by atoms with Gasteiger partial charge >= 0.3 is 0 Å². The summed E-state index contributed by atoms with van der Waals surface area (Å²) in [5, 5.41) is 34.1. The van der Waals surface area contributed by atoms with E-state index < -0.39 is 11.2 Å². The second-order valence-electron chi connectivity index (χ2n) is 9.81. The quantitative estimate of drug-likeness (QED) is 0.269. The number of aryl methyl sites for hydroxylation is 2. The summed E-state index contributed by atoms with van der Waals surface area (Å²) in [5.74, 6) is -0.161. The van der Waals surface area contributed by atoms with Gasteiger partial charge in [0.2, 0.25) is 5.78 Å². The molecule has 4 aromatic rings. The zero-order valence-corrected chi connectivity index (χ0v) is 22.9. The van der Waals surface area contributed by atoms with Gasteiger partial charge in [-0.15, -0.1) is 0 Å². The summed E-state index contributed by atoms with van der Waals surface area (Å²) in [6.45, 7) is 7.55. The van der Waals surface area contributed by atoms with Gasteiger partial charge < -0.3 is 24.8 Å². The van der Waals surface area contributed by atoms with E-state index in [1.807, 2.05) is 45.9 Å². The minimum atomic E-state index is -0.815.